The highest BCUT2D eigenvalue weighted by Gasteiger charge is 2.36. The van der Waals surface area contributed by atoms with E-state index in [1.54, 1.807) is 25.3 Å². The zero-order valence-corrected chi connectivity index (χ0v) is 18.7. The second-order valence-corrected chi connectivity index (χ2v) is 7.62. The molecule has 4 rings (SSSR count). The van der Waals surface area contributed by atoms with Gasteiger partial charge in [-0.05, 0) is 25.1 Å². The van der Waals surface area contributed by atoms with Crippen LogP contribution in [0.1, 0.15) is 30.5 Å². The number of anilines is 2. The number of methoxy groups -OCH3 is 2. The monoisotopic (exact) mass is 468 g/mol. The molecule has 1 aliphatic heterocycles. The second kappa shape index (κ2) is 9.42. The van der Waals surface area contributed by atoms with E-state index in [4.69, 9.17) is 9.47 Å². The lowest BCUT2D eigenvalue weighted by atomic mass is 9.98. The average molecular weight is 468 g/mol. The van der Waals surface area contributed by atoms with Gasteiger partial charge >= 0.3 is 0 Å². The van der Waals surface area contributed by atoms with Crippen LogP contribution in [-0.4, -0.2) is 42.5 Å². The predicted molar refractivity (Wildman–Crippen MR) is 121 cm³/mol. The Kier molecular flexibility index (Phi) is 6.40. The van der Waals surface area contributed by atoms with Crippen molar-refractivity contribution in [2.24, 2.45) is 0 Å². The number of hydrogen-bond acceptors (Lipinski definition) is 6. The van der Waals surface area contributed by atoms with E-state index in [-0.39, 0.29) is 29.8 Å². The predicted octanol–water partition coefficient (Wildman–Crippen LogP) is 4.19. The molecule has 0 aliphatic carbocycles. The summed E-state index contributed by atoms with van der Waals surface area (Å²) in [5.41, 5.74) is 2.27. The summed E-state index contributed by atoms with van der Waals surface area (Å²) in [6.07, 6.45) is -1.01. The number of halogens is 2. The number of rotatable bonds is 6. The molecule has 0 unspecified atom stereocenters. The smallest absolute Gasteiger partial charge is 0.263 e. The van der Waals surface area contributed by atoms with Crippen molar-refractivity contribution >= 4 is 23.2 Å². The molecule has 0 saturated carbocycles. The maximum Gasteiger partial charge on any atom is 0.263 e. The molecule has 1 aliphatic rings. The quantitative estimate of drug-likeness (QED) is 0.583. The molecule has 2 aromatic heterocycles. The number of nitrogens with zero attached hydrogens (tertiary/aromatic N) is 3. The largest absolute Gasteiger partial charge is 0.481 e. The average Bonchev–Trinajstić information content (AvgIpc) is 2.93. The van der Waals surface area contributed by atoms with Crippen LogP contribution in [0.15, 0.2) is 48.7 Å². The molecule has 1 aromatic carbocycles. The first-order valence-corrected chi connectivity index (χ1v) is 10.4. The van der Waals surface area contributed by atoms with Gasteiger partial charge < -0.3 is 19.7 Å². The lowest BCUT2D eigenvalue weighted by Gasteiger charge is -2.25. The second-order valence-electron chi connectivity index (χ2n) is 7.62. The topological polar surface area (TPSA) is 93.7 Å². The molecule has 34 heavy (non-hydrogen) atoms. The number of benzene rings is 1. The molecule has 176 valence electrons. The SMILES string of the molecule is COc1cc2c(c(OC)n1)-c1cccnc1[C@@H](C)C(=O)N2CC(=O)Nc1ccc(C(F)F)cc1. The van der Waals surface area contributed by atoms with Crippen LogP contribution in [0.4, 0.5) is 20.2 Å². The van der Waals surface area contributed by atoms with E-state index in [0.29, 0.717) is 28.2 Å². The lowest BCUT2D eigenvalue weighted by molar-refractivity contribution is -0.122. The van der Waals surface area contributed by atoms with Gasteiger partial charge in [-0.3, -0.25) is 14.6 Å². The summed E-state index contributed by atoms with van der Waals surface area (Å²) in [6.45, 7) is 1.38. The van der Waals surface area contributed by atoms with Gasteiger partial charge in [0, 0.05) is 29.1 Å². The number of nitrogens with one attached hydrogen (secondary N) is 1. The minimum atomic E-state index is -2.61. The summed E-state index contributed by atoms with van der Waals surface area (Å²) < 4.78 is 36.4. The first-order chi connectivity index (χ1) is 16.3. The van der Waals surface area contributed by atoms with Crippen molar-refractivity contribution in [3.05, 3.63) is 59.9 Å². The van der Waals surface area contributed by atoms with Crippen LogP contribution >= 0.6 is 0 Å². The summed E-state index contributed by atoms with van der Waals surface area (Å²) in [7, 11) is 2.89. The van der Waals surface area contributed by atoms with E-state index in [2.05, 4.69) is 15.3 Å². The highest BCUT2D eigenvalue weighted by Crippen LogP contribution is 2.45. The molecule has 10 heteroatoms. The Balaban J connectivity index is 1.74. The summed E-state index contributed by atoms with van der Waals surface area (Å²) in [5, 5.41) is 2.65. The molecule has 0 fully saturated rings. The molecule has 1 atom stereocenters. The number of aromatic nitrogens is 2. The van der Waals surface area contributed by atoms with Gasteiger partial charge in [0.15, 0.2) is 0 Å². The summed E-state index contributed by atoms with van der Waals surface area (Å²) >= 11 is 0. The first-order valence-electron chi connectivity index (χ1n) is 10.4. The number of hydrogen-bond donors (Lipinski definition) is 1. The van der Waals surface area contributed by atoms with Gasteiger partial charge in [0.2, 0.25) is 23.6 Å². The van der Waals surface area contributed by atoms with Gasteiger partial charge in [-0.2, -0.15) is 4.98 Å². The number of ether oxygens (including phenoxy) is 2. The Hall–Kier alpha value is -4.08. The zero-order valence-electron chi connectivity index (χ0n) is 18.7. The van der Waals surface area contributed by atoms with Gasteiger partial charge in [-0.15, -0.1) is 0 Å². The maximum atomic E-state index is 13.5. The minimum absolute atomic E-state index is 0.152. The van der Waals surface area contributed by atoms with Gasteiger partial charge in [0.25, 0.3) is 6.43 Å². The van der Waals surface area contributed by atoms with Crippen molar-refractivity contribution in [3.63, 3.8) is 0 Å². The Labute approximate surface area is 194 Å². The van der Waals surface area contributed by atoms with Crippen molar-refractivity contribution in [1.82, 2.24) is 9.97 Å². The molecule has 0 bridgehead atoms. The summed E-state index contributed by atoms with van der Waals surface area (Å²) in [6, 6.07) is 10.4. The molecule has 8 nitrogen and oxygen atoms in total. The third kappa shape index (κ3) is 4.26. The normalized spacial score (nSPS) is 14.8. The Morgan fingerprint density at radius 3 is 2.56 bits per heavy atom. The number of amides is 2. The van der Waals surface area contributed by atoms with E-state index in [0.717, 1.165) is 0 Å². The summed E-state index contributed by atoms with van der Waals surface area (Å²) in [5.74, 6) is -1.09. The fraction of sp³-hybridized carbons (Fsp3) is 0.250. The molecule has 0 radical (unpaired) electrons. The fourth-order valence-corrected chi connectivity index (χ4v) is 3.87. The van der Waals surface area contributed by atoms with E-state index < -0.39 is 18.3 Å². The first kappa shape index (κ1) is 23.1. The Bertz CT molecular complexity index is 1230. The van der Waals surface area contributed by atoms with Crippen LogP contribution in [0.2, 0.25) is 0 Å². The Morgan fingerprint density at radius 1 is 1.18 bits per heavy atom. The molecule has 1 N–H and O–H groups in total. The Morgan fingerprint density at radius 2 is 1.91 bits per heavy atom. The van der Waals surface area contributed by atoms with E-state index in [9.17, 15) is 18.4 Å². The molecule has 2 amide bonds. The highest BCUT2D eigenvalue weighted by molar-refractivity contribution is 6.09. The van der Waals surface area contributed by atoms with Gasteiger partial charge in [-0.25, -0.2) is 8.78 Å². The van der Waals surface area contributed by atoms with Gasteiger partial charge in [0.1, 0.15) is 6.54 Å². The third-order valence-electron chi connectivity index (χ3n) is 5.54. The van der Waals surface area contributed by atoms with Crippen LogP contribution in [-0.2, 0) is 9.59 Å². The number of pyridine rings is 2. The molecule has 3 heterocycles. The number of carbonyl (C=O) groups excluding carboxylic acids is 2. The van der Waals surface area contributed by atoms with Crippen molar-refractivity contribution in [1.29, 1.82) is 0 Å². The highest BCUT2D eigenvalue weighted by atomic mass is 19.3. The molecule has 3 aromatic rings. The van der Waals surface area contributed by atoms with E-state index in [1.807, 2.05) is 6.07 Å². The number of fused-ring (bicyclic) bond motifs is 3. The lowest BCUT2D eigenvalue weighted by Crippen LogP contribution is -2.40. The van der Waals surface area contributed by atoms with E-state index >= 15 is 0 Å². The maximum absolute atomic E-state index is 13.5. The van der Waals surface area contributed by atoms with Crippen LogP contribution in [0.5, 0.6) is 11.8 Å². The van der Waals surface area contributed by atoms with Crippen LogP contribution in [0, 0.1) is 0 Å². The number of alkyl halides is 2. The summed E-state index contributed by atoms with van der Waals surface area (Å²) in [4.78, 5) is 36.5. The van der Waals surface area contributed by atoms with Gasteiger partial charge in [0.05, 0.1) is 37.1 Å². The van der Waals surface area contributed by atoms with Crippen LogP contribution in [0.3, 0.4) is 0 Å². The third-order valence-corrected chi connectivity index (χ3v) is 5.54. The fourth-order valence-electron chi connectivity index (χ4n) is 3.87. The minimum Gasteiger partial charge on any atom is -0.481 e. The van der Waals surface area contributed by atoms with Crippen molar-refractivity contribution in [3.8, 4) is 22.9 Å². The molecular formula is C24H22F2N4O4. The van der Waals surface area contributed by atoms with Gasteiger partial charge in [-0.1, -0.05) is 18.2 Å². The van der Waals surface area contributed by atoms with Crippen molar-refractivity contribution in [2.75, 3.05) is 31.0 Å². The van der Waals surface area contributed by atoms with E-state index in [1.165, 1.54) is 43.4 Å². The molecular weight excluding hydrogens is 446 g/mol. The van der Waals surface area contributed by atoms with Crippen molar-refractivity contribution < 1.29 is 27.8 Å². The number of carbonyl (C=O) groups is 2. The molecule has 0 saturated heterocycles. The molecule has 0 spiro atoms. The van der Waals surface area contributed by atoms with Crippen LogP contribution < -0.4 is 19.7 Å². The van der Waals surface area contributed by atoms with Crippen molar-refractivity contribution in [2.45, 2.75) is 19.3 Å². The zero-order chi connectivity index (χ0) is 24.4. The standard InChI is InChI=1S/C24H22F2N4O4/c1-13-21-16(5-4-10-27-21)20-17(11-19(33-2)29-23(20)34-3)30(24(13)32)12-18(31)28-15-8-6-14(7-9-15)22(25)26/h4-11,13,22H,12H2,1-3H3,(H,28,31)/t13-/m1/s1. The van der Waals surface area contributed by atoms with Crippen LogP contribution in [0.25, 0.3) is 11.1 Å².